The SMILES string of the molecule is CCCCC(Cc1cc(C(C)(C)C)c(O)c(C(C)(C)C)c1)SC(CCCC)Cc1cc(C(C)(C)C)c(O)c(C(C)(C)C)c1. The maximum atomic E-state index is 11.3. The highest BCUT2D eigenvalue weighted by Crippen LogP contribution is 2.43. The summed E-state index contributed by atoms with van der Waals surface area (Å²) in [6.45, 7) is 31.1. The molecule has 43 heavy (non-hydrogen) atoms. The number of benzene rings is 2. The summed E-state index contributed by atoms with van der Waals surface area (Å²) in [6.07, 6.45) is 9.33. The van der Waals surface area contributed by atoms with Crippen LogP contribution in [0.4, 0.5) is 0 Å². The first kappa shape index (κ1) is 37.6. The van der Waals surface area contributed by atoms with Gasteiger partial charge in [-0.2, -0.15) is 11.8 Å². The molecule has 244 valence electrons. The van der Waals surface area contributed by atoms with Crippen LogP contribution in [0.3, 0.4) is 0 Å². The van der Waals surface area contributed by atoms with Crippen LogP contribution in [0.15, 0.2) is 24.3 Å². The number of hydrogen-bond donors (Lipinski definition) is 2. The largest absolute Gasteiger partial charge is 0.507 e. The molecule has 0 aliphatic heterocycles. The molecule has 0 bridgehead atoms. The number of thioether (sulfide) groups is 1. The van der Waals surface area contributed by atoms with Crippen molar-refractivity contribution < 1.29 is 10.2 Å². The van der Waals surface area contributed by atoms with E-state index >= 15 is 0 Å². The maximum Gasteiger partial charge on any atom is 0.123 e. The molecule has 2 aromatic carbocycles. The Hall–Kier alpha value is -1.61. The fraction of sp³-hybridized carbons (Fsp3) is 0.700. The lowest BCUT2D eigenvalue weighted by atomic mass is 9.78. The van der Waals surface area contributed by atoms with Crippen LogP contribution < -0.4 is 0 Å². The summed E-state index contributed by atoms with van der Waals surface area (Å²) in [7, 11) is 0. The lowest BCUT2D eigenvalue weighted by Crippen LogP contribution is -2.21. The second-order valence-corrected chi connectivity index (χ2v) is 18.8. The van der Waals surface area contributed by atoms with Gasteiger partial charge < -0.3 is 10.2 Å². The number of rotatable bonds is 12. The molecule has 0 amide bonds. The molecule has 2 atom stereocenters. The molecule has 0 heterocycles. The van der Waals surface area contributed by atoms with Crippen molar-refractivity contribution in [2.45, 2.75) is 180 Å². The second-order valence-electron chi connectivity index (χ2n) is 17.2. The van der Waals surface area contributed by atoms with Gasteiger partial charge in [0.2, 0.25) is 0 Å². The molecule has 0 spiro atoms. The molecule has 3 heteroatoms. The molecule has 0 aliphatic carbocycles. The van der Waals surface area contributed by atoms with Gasteiger partial charge in [-0.15, -0.1) is 0 Å². The molecule has 2 rings (SSSR count). The average Bonchev–Trinajstić information content (AvgIpc) is 2.84. The normalized spacial score (nSPS) is 14.7. The highest BCUT2D eigenvalue weighted by atomic mass is 32.2. The van der Waals surface area contributed by atoms with Gasteiger partial charge in [0.1, 0.15) is 11.5 Å². The zero-order chi connectivity index (χ0) is 33.0. The second kappa shape index (κ2) is 14.7. The average molecular weight is 611 g/mol. The summed E-state index contributed by atoms with van der Waals surface area (Å²) >= 11 is 2.20. The van der Waals surface area contributed by atoms with Crippen molar-refractivity contribution in [1.29, 1.82) is 0 Å². The van der Waals surface area contributed by atoms with Gasteiger partial charge in [0, 0.05) is 10.5 Å². The lowest BCUT2D eigenvalue weighted by molar-refractivity contribution is 0.421. The fourth-order valence-corrected chi connectivity index (χ4v) is 7.74. The van der Waals surface area contributed by atoms with Crippen LogP contribution in [-0.4, -0.2) is 20.7 Å². The summed E-state index contributed by atoms with van der Waals surface area (Å²) in [5, 5.41) is 23.7. The van der Waals surface area contributed by atoms with E-state index in [0.717, 1.165) is 35.1 Å². The predicted octanol–water partition coefficient (Wildman–Crippen LogP) is 11.9. The molecule has 0 saturated carbocycles. The van der Waals surface area contributed by atoms with Gasteiger partial charge in [0.05, 0.1) is 0 Å². The zero-order valence-corrected chi connectivity index (χ0v) is 31.2. The van der Waals surface area contributed by atoms with Crippen LogP contribution in [0.5, 0.6) is 11.5 Å². The minimum Gasteiger partial charge on any atom is -0.507 e. The quantitative estimate of drug-likeness (QED) is 0.251. The van der Waals surface area contributed by atoms with Gasteiger partial charge in [0.15, 0.2) is 0 Å². The van der Waals surface area contributed by atoms with Gasteiger partial charge >= 0.3 is 0 Å². The smallest absolute Gasteiger partial charge is 0.123 e. The van der Waals surface area contributed by atoms with Gasteiger partial charge in [0.25, 0.3) is 0 Å². The van der Waals surface area contributed by atoms with Gasteiger partial charge in [-0.25, -0.2) is 0 Å². The van der Waals surface area contributed by atoms with Crippen molar-refractivity contribution in [1.82, 2.24) is 0 Å². The van der Waals surface area contributed by atoms with Gasteiger partial charge in [-0.1, -0.05) is 147 Å². The van der Waals surface area contributed by atoms with Crippen LogP contribution in [0.2, 0.25) is 0 Å². The molecule has 0 aromatic heterocycles. The third-order valence-corrected chi connectivity index (χ3v) is 10.2. The van der Waals surface area contributed by atoms with Crippen molar-refractivity contribution in [3.05, 3.63) is 57.6 Å². The van der Waals surface area contributed by atoms with Crippen molar-refractivity contribution in [3.8, 4) is 11.5 Å². The number of phenols is 2. The van der Waals surface area contributed by atoms with Crippen molar-refractivity contribution in [2.75, 3.05) is 0 Å². The van der Waals surface area contributed by atoms with E-state index in [2.05, 4.69) is 133 Å². The van der Waals surface area contributed by atoms with E-state index in [1.807, 2.05) is 0 Å². The predicted molar refractivity (Wildman–Crippen MR) is 193 cm³/mol. The van der Waals surface area contributed by atoms with Crippen molar-refractivity contribution in [3.63, 3.8) is 0 Å². The Morgan fingerprint density at radius 2 is 0.767 bits per heavy atom. The highest BCUT2D eigenvalue weighted by molar-refractivity contribution is 8.00. The van der Waals surface area contributed by atoms with E-state index in [1.54, 1.807) is 0 Å². The minimum atomic E-state index is -0.121. The third kappa shape index (κ3) is 10.8. The standard InChI is InChI=1S/C40H66O2S/c1-15-17-19-29(21-27-23-31(37(3,4)5)35(41)32(24-27)38(6,7)8)43-30(20-18-16-2)22-28-25-33(39(9,10)11)36(42)34(26-28)40(12,13)14/h23-26,29-30,41-42H,15-22H2,1-14H3. The van der Waals surface area contributed by atoms with Gasteiger partial charge in [-0.05, 0) is 80.7 Å². The van der Waals surface area contributed by atoms with Crippen LogP contribution in [0, 0.1) is 0 Å². The van der Waals surface area contributed by atoms with Crippen molar-refractivity contribution in [2.24, 2.45) is 0 Å². The summed E-state index contributed by atoms with van der Waals surface area (Å²) in [5.41, 5.74) is 6.46. The Kier molecular flexibility index (Phi) is 12.8. The number of aromatic hydroxyl groups is 2. The fourth-order valence-electron chi connectivity index (χ4n) is 6.01. The van der Waals surface area contributed by atoms with E-state index in [-0.39, 0.29) is 21.7 Å². The first-order valence-electron chi connectivity index (χ1n) is 17.0. The Morgan fingerprint density at radius 1 is 0.512 bits per heavy atom. The van der Waals surface area contributed by atoms with Crippen LogP contribution >= 0.6 is 11.8 Å². The molecule has 2 nitrogen and oxygen atoms in total. The molecular weight excluding hydrogens is 545 g/mol. The molecule has 2 aromatic rings. The minimum absolute atomic E-state index is 0.121. The first-order valence-corrected chi connectivity index (χ1v) is 17.9. The number of hydrogen-bond acceptors (Lipinski definition) is 3. The van der Waals surface area contributed by atoms with Crippen molar-refractivity contribution >= 4 is 11.8 Å². The maximum absolute atomic E-state index is 11.3. The number of unbranched alkanes of at least 4 members (excludes halogenated alkanes) is 2. The summed E-state index contributed by atoms with van der Waals surface area (Å²) in [5.74, 6) is 0.943. The Morgan fingerprint density at radius 3 is 0.977 bits per heavy atom. The van der Waals surface area contributed by atoms with E-state index in [9.17, 15) is 10.2 Å². The van der Waals surface area contributed by atoms with Crippen LogP contribution in [0.25, 0.3) is 0 Å². The van der Waals surface area contributed by atoms with E-state index < -0.39 is 0 Å². The van der Waals surface area contributed by atoms with Gasteiger partial charge in [-0.3, -0.25) is 0 Å². The molecule has 2 N–H and O–H groups in total. The first-order chi connectivity index (χ1) is 19.6. The molecular formula is C40H66O2S. The van der Waals surface area contributed by atoms with E-state index in [4.69, 9.17) is 0 Å². The molecule has 0 saturated heterocycles. The molecule has 2 unspecified atom stereocenters. The van der Waals surface area contributed by atoms with E-state index in [1.165, 1.54) is 49.7 Å². The van der Waals surface area contributed by atoms with Crippen LogP contribution in [0.1, 0.15) is 169 Å². The third-order valence-electron chi connectivity index (χ3n) is 8.64. The zero-order valence-electron chi connectivity index (χ0n) is 30.4. The highest BCUT2D eigenvalue weighted by Gasteiger charge is 2.29. The summed E-state index contributed by atoms with van der Waals surface area (Å²) in [6, 6.07) is 9.15. The lowest BCUT2D eigenvalue weighted by Gasteiger charge is -2.30. The van der Waals surface area contributed by atoms with Crippen LogP contribution in [-0.2, 0) is 34.5 Å². The molecule has 0 aliphatic rings. The summed E-state index contributed by atoms with van der Waals surface area (Å²) in [4.78, 5) is 0. The summed E-state index contributed by atoms with van der Waals surface area (Å²) < 4.78 is 0. The molecule has 0 fully saturated rings. The van der Waals surface area contributed by atoms with E-state index in [0.29, 0.717) is 22.0 Å². The Bertz CT molecular complexity index is 1020. The Balaban J connectivity index is 2.54. The Labute approximate surface area is 270 Å². The topological polar surface area (TPSA) is 40.5 Å². The number of phenolic OH excluding ortho intramolecular Hbond substituents is 2. The molecule has 0 radical (unpaired) electrons. The monoisotopic (exact) mass is 610 g/mol.